The Kier molecular flexibility index (Phi) is 8.21. The van der Waals surface area contributed by atoms with Gasteiger partial charge >= 0.3 is 5.97 Å². The average molecular weight is 395 g/mol. The van der Waals surface area contributed by atoms with Crippen LogP contribution >= 0.6 is 23.5 Å². The van der Waals surface area contributed by atoms with E-state index >= 15 is 0 Å². The topological polar surface area (TPSA) is 46.5 Å². The summed E-state index contributed by atoms with van der Waals surface area (Å²) in [6.45, 7) is 0. The minimum absolute atomic E-state index is 0.305. The Morgan fingerprint density at radius 2 is 1.81 bits per heavy atom. The Bertz CT molecular complexity index is 551. The molecule has 0 radical (unpaired) electrons. The summed E-state index contributed by atoms with van der Waals surface area (Å²) in [5.74, 6) is 5.33. The molecular weight excluding hydrogens is 364 g/mol. The number of hydrogen-bond donors (Lipinski definition) is 1. The van der Waals surface area contributed by atoms with Crippen LogP contribution in [-0.2, 0) is 15.3 Å². The molecule has 144 valence electrons. The van der Waals surface area contributed by atoms with E-state index in [4.69, 9.17) is 9.84 Å². The fourth-order valence-corrected chi connectivity index (χ4v) is 6.51. The van der Waals surface area contributed by atoms with E-state index in [1.54, 1.807) is 0 Å². The molecule has 2 heterocycles. The van der Waals surface area contributed by atoms with E-state index in [0.717, 1.165) is 30.3 Å². The normalized spacial score (nSPS) is 27.1. The van der Waals surface area contributed by atoms with Crippen LogP contribution in [0.15, 0.2) is 30.3 Å². The number of hydrogen-bond acceptors (Lipinski definition) is 4. The van der Waals surface area contributed by atoms with Crippen molar-refractivity contribution in [2.45, 2.75) is 56.5 Å². The van der Waals surface area contributed by atoms with Crippen molar-refractivity contribution in [2.75, 3.05) is 17.3 Å². The molecule has 4 atom stereocenters. The monoisotopic (exact) mass is 394 g/mol. The van der Waals surface area contributed by atoms with Crippen molar-refractivity contribution >= 4 is 29.5 Å². The third kappa shape index (κ3) is 5.93. The van der Waals surface area contributed by atoms with Crippen LogP contribution in [0.2, 0.25) is 0 Å². The summed E-state index contributed by atoms with van der Waals surface area (Å²) >= 11 is 4.04. The molecule has 2 aliphatic heterocycles. The van der Waals surface area contributed by atoms with Crippen LogP contribution in [0.3, 0.4) is 0 Å². The second-order valence-electron chi connectivity index (χ2n) is 7.37. The number of ether oxygens (including phenoxy) is 1. The van der Waals surface area contributed by atoms with E-state index in [9.17, 15) is 4.79 Å². The number of rotatable bonds is 12. The van der Waals surface area contributed by atoms with E-state index in [0.29, 0.717) is 24.5 Å². The van der Waals surface area contributed by atoms with Crippen LogP contribution in [0.1, 0.15) is 44.1 Å². The fourth-order valence-electron chi connectivity index (χ4n) is 4.18. The second kappa shape index (κ2) is 10.6. The molecule has 2 aliphatic rings. The predicted molar refractivity (Wildman–Crippen MR) is 111 cm³/mol. The first-order chi connectivity index (χ1) is 12.7. The number of thioether (sulfide) groups is 2. The van der Waals surface area contributed by atoms with Gasteiger partial charge in [0.2, 0.25) is 0 Å². The van der Waals surface area contributed by atoms with Crippen molar-refractivity contribution in [2.24, 2.45) is 11.8 Å². The lowest BCUT2D eigenvalue weighted by molar-refractivity contribution is -0.137. The number of carboxylic acids is 1. The lowest BCUT2D eigenvalue weighted by atomic mass is 9.79. The van der Waals surface area contributed by atoms with E-state index in [2.05, 4.69) is 30.3 Å². The van der Waals surface area contributed by atoms with Gasteiger partial charge in [-0.3, -0.25) is 4.79 Å². The predicted octanol–water partition coefficient (Wildman–Crippen LogP) is 5.09. The molecular formula is C21H30O3S2. The van der Waals surface area contributed by atoms with Gasteiger partial charge in [0.25, 0.3) is 0 Å². The van der Waals surface area contributed by atoms with Crippen LogP contribution in [0.5, 0.6) is 0 Å². The van der Waals surface area contributed by atoms with Crippen molar-refractivity contribution in [3.63, 3.8) is 0 Å². The summed E-state index contributed by atoms with van der Waals surface area (Å²) in [7, 11) is 0. The minimum atomic E-state index is -0.676. The summed E-state index contributed by atoms with van der Waals surface area (Å²) in [6.07, 6.45) is 6.85. The number of benzene rings is 1. The molecule has 0 unspecified atom stereocenters. The minimum Gasteiger partial charge on any atom is -0.481 e. The number of carbonyl (C=O) groups is 1. The molecule has 26 heavy (non-hydrogen) atoms. The average Bonchev–Trinajstić information content (AvgIpc) is 3.24. The first-order valence-electron chi connectivity index (χ1n) is 9.80. The van der Waals surface area contributed by atoms with Crippen molar-refractivity contribution < 1.29 is 14.6 Å². The smallest absolute Gasteiger partial charge is 0.303 e. The molecule has 2 bridgehead atoms. The molecule has 0 spiro atoms. The SMILES string of the molecule is O=C(O)CCCCSC[C@H]1[C@@H](CCSCc2ccccc2)[C@H]2CC[C@@H]1O2. The molecule has 2 saturated heterocycles. The zero-order chi connectivity index (χ0) is 18.2. The van der Waals surface area contributed by atoms with E-state index in [1.165, 1.54) is 36.3 Å². The van der Waals surface area contributed by atoms with Crippen molar-refractivity contribution in [1.82, 2.24) is 0 Å². The summed E-state index contributed by atoms with van der Waals surface area (Å²) in [5, 5.41) is 8.70. The Morgan fingerprint density at radius 1 is 1.04 bits per heavy atom. The molecule has 1 aromatic carbocycles. The van der Waals surface area contributed by atoms with Gasteiger partial charge in [-0.15, -0.1) is 0 Å². The second-order valence-corrected chi connectivity index (χ2v) is 9.63. The molecule has 3 nitrogen and oxygen atoms in total. The van der Waals surface area contributed by atoms with Crippen LogP contribution in [-0.4, -0.2) is 40.5 Å². The number of fused-ring (bicyclic) bond motifs is 2. The van der Waals surface area contributed by atoms with Crippen molar-refractivity contribution in [3.8, 4) is 0 Å². The number of carboxylic acid groups (broad SMARTS) is 1. The van der Waals surface area contributed by atoms with E-state index < -0.39 is 5.97 Å². The largest absolute Gasteiger partial charge is 0.481 e. The van der Waals surface area contributed by atoms with Crippen LogP contribution in [0, 0.1) is 11.8 Å². The Morgan fingerprint density at radius 3 is 2.58 bits per heavy atom. The lowest BCUT2D eigenvalue weighted by Gasteiger charge is -2.27. The van der Waals surface area contributed by atoms with E-state index in [-0.39, 0.29) is 0 Å². The maximum Gasteiger partial charge on any atom is 0.303 e. The lowest BCUT2D eigenvalue weighted by Crippen LogP contribution is -2.29. The Hall–Kier alpha value is -0.650. The first-order valence-corrected chi connectivity index (χ1v) is 12.1. The van der Waals surface area contributed by atoms with Crippen LogP contribution in [0.25, 0.3) is 0 Å². The third-order valence-corrected chi connectivity index (χ3v) is 7.80. The summed E-state index contributed by atoms with van der Waals surface area (Å²) in [5.41, 5.74) is 1.41. The summed E-state index contributed by atoms with van der Waals surface area (Å²) in [4.78, 5) is 10.6. The van der Waals surface area contributed by atoms with Gasteiger partial charge in [-0.05, 0) is 66.8 Å². The van der Waals surface area contributed by atoms with Gasteiger partial charge in [-0.25, -0.2) is 0 Å². The van der Waals surface area contributed by atoms with Gasteiger partial charge in [-0.1, -0.05) is 30.3 Å². The Labute approximate surface area is 165 Å². The maximum atomic E-state index is 10.6. The molecule has 2 fully saturated rings. The van der Waals surface area contributed by atoms with Gasteiger partial charge < -0.3 is 9.84 Å². The van der Waals surface area contributed by atoms with E-state index in [1.807, 2.05) is 23.5 Å². The quantitative estimate of drug-likeness (QED) is 0.500. The van der Waals surface area contributed by atoms with Crippen LogP contribution in [0.4, 0.5) is 0 Å². The zero-order valence-corrected chi connectivity index (χ0v) is 17.0. The van der Waals surface area contributed by atoms with Gasteiger partial charge in [0.1, 0.15) is 0 Å². The molecule has 5 heteroatoms. The highest BCUT2D eigenvalue weighted by atomic mass is 32.2. The molecule has 1 aromatic rings. The third-order valence-electron chi connectivity index (χ3n) is 5.54. The molecule has 0 aromatic heterocycles. The molecule has 0 amide bonds. The molecule has 3 rings (SSSR count). The number of unbranched alkanes of at least 4 members (excludes halogenated alkanes) is 1. The fraction of sp³-hybridized carbons (Fsp3) is 0.667. The highest BCUT2D eigenvalue weighted by Gasteiger charge is 2.47. The van der Waals surface area contributed by atoms with Gasteiger partial charge in [-0.2, -0.15) is 23.5 Å². The Balaban J connectivity index is 1.34. The molecule has 0 aliphatic carbocycles. The highest BCUT2D eigenvalue weighted by molar-refractivity contribution is 7.99. The summed E-state index contributed by atoms with van der Waals surface area (Å²) < 4.78 is 6.22. The number of aliphatic carboxylic acids is 1. The summed E-state index contributed by atoms with van der Waals surface area (Å²) in [6, 6.07) is 10.7. The van der Waals surface area contributed by atoms with Crippen molar-refractivity contribution in [3.05, 3.63) is 35.9 Å². The molecule has 0 saturated carbocycles. The van der Waals surface area contributed by atoms with Gasteiger partial charge in [0.15, 0.2) is 0 Å². The first kappa shape index (κ1) is 20.1. The zero-order valence-electron chi connectivity index (χ0n) is 15.3. The maximum absolute atomic E-state index is 10.6. The van der Waals surface area contributed by atoms with Crippen molar-refractivity contribution in [1.29, 1.82) is 0 Å². The van der Waals surface area contributed by atoms with Gasteiger partial charge in [0.05, 0.1) is 12.2 Å². The molecule has 1 N–H and O–H groups in total. The van der Waals surface area contributed by atoms with Crippen LogP contribution < -0.4 is 0 Å². The highest BCUT2D eigenvalue weighted by Crippen LogP contribution is 2.46. The standard InChI is InChI=1S/C21H30O3S2/c22-21(23)8-4-5-12-25-15-18-17(19-9-10-20(18)24-19)11-13-26-14-16-6-2-1-3-7-16/h1-3,6-7,17-20H,4-5,8-15H2,(H,22,23)/t17-,18+,19-,20+/m1/s1. The van der Waals surface area contributed by atoms with Gasteiger partial charge in [0, 0.05) is 12.2 Å².